The largest absolute Gasteiger partial charge is 0.299 e. The number of carbonyl (C=O) groups is 1. The van der Waals surface area contributed by atoms with Crippen molar-refractivity contribution < 1.29 is 13.2 Å². The minimum Gasteiger partial charge on any atom is -0.299 e. The zero-order valence-electron chi connectivity index (χ0n) is 12.7. The first-order chi connectivity index (χ1) is 10.2. The zero-order chi connectivity index (χ0) is 16.2. The number of halogens is 1. The Morgan fingerprint density at radius 1 is 1.32 bits per heavy atom. The van der Waals surface area contributed by atoms with Crippen molar-refractivity contribution in [2.45, 2.75) is 33.1 Å². The fourth-order valence-electron chi connectivity index (χ4n) is 4.18. The Kier molecular flexibility index (Phi) is 3.57. The van der Waals surface area contributed by atoms with E-state index in [4.69, 9.17) is 11.6 Å². The van der Waals surface area contributed by atoms with Crippen LogP contribution in [0.3, 0.4) is 0 Å². The highest BCUT2D eigenvalue weighted by Crippen LogP contribution is 2.64. The van der Waals surface area contributed by atoms with Crippen LogP contribution < -0.4 is 4.72 Å². The first-order valence-corrected chi connectivity index (χ1v) is 9.49. The van der Waals surface area contributed by atoms with Gasteiger partial charge >= 0.3 is 0 Å². The van der Waals surface area contributed by atoms with Crippen LogP contribution in [0.1, 0.15) is 33.1 Å². The molecule has 1 aromatic carbocycles. The summed E-state index contributed by atoms with van der Waals surface area (Å²) >= 11 is 6.01. The van der Waals surface area contributed by atoms with E-state index in [2.05, 4.69) is 4.72 Å². The summed E-state index contributed by atoms with van der Waals surface area (Å²) in [6, 6.07) is 6.72. The van der Waals surface area contributed by atoms with Gasteiger partial charge in [0.1, 0.15) is 5.78 Å². The fourth-order valence-corrected chi connectivity index (χ4v) is 6.33. The highest BCUT2D eigenvalue weighted by Gasteiger charge is 2.65. The summed E-state index contributed by atoms with van der Waals surface area (Å²) in [5, 5.41) is 0.352. The van der Waals surface area contributed by atoms with Gasteiger partial charge in [0, 0.05) is 6.42 Å². The molecule has 2 unspecified atom stereocenters. The van der Waals surface area contributed by atoms with Crippen LogP contribution in [0.15, 0.2) is 24.3 Å². The topological polar surface area (TPSA) is 63.2 Å². The number of hydrogen-bond acceptors (Lipinski definition) is 3. The van der Waals surface area contributed by atoms with Gasteiger partial charge in [0.2, 0.25) is 10.0 Å². The van der Waals surface area contributed by atoms with Crippen LogP contribution in [-0.4, -0.2) is 20.0 Å². The van der Waals surface area contributed by atoms with Crippen molar-refractivity contribution in [3.63, 3.8) is 0 Å². The van der Waals surface area contributed by atoms with E-state index in [9.17, 15) is 13.2 Å². The summed E-state index contributed by atoms with van der Waals surface area (Å²) in [4.78, 5) is 12.5. The van der Waals surface area contributed by atoms with Gasteiger partial charge in [0.25, 0.3) is 0 Å². The Bertz CT molecular complexity index is 729. The number of anilines is 1. The lowest BCUT2D eigenvalue weighted by molar-refractivity contribution is -0.128. The molecule has 0 aliphatic heterocycles. The van der Waals surface area contributed by atoms with E-state index in [0.29, 0.717) is 29.5 Å². The van der Waals surface area contributed by atoms with Gasteiger partial charge in [-0.2, -0.15) is 0 Å². The molecular weight excluding hydrogens is 322 g/mol. The highest BCUT2D eigenvalue weighted by atomic mass is 35.5. The molecule has 0 aromatic heterocycles. The number of ketones is 1. The van der Waals surface area contributed by atoms with Crippen molar-refractivity contribution in [3.05, 3.63) is 29.3 Å². The van der Waals surface area contributed by atoms with E-state index < -0.39 is 15.4 Å². The predicted molar refractivity (Wildman–Crippen MR) is 87.4 cm³/mol. The summed E-state index contributed by atoms with van der Waals surface area (Å²) in [6.07, 6.45) is 2.10. The Labute approximate surface area is 136 Å². The molecule has 2 bridgehead atoms. The van der Waals surface area contributed by atoms with Gasteiger partial charge in [-0.3, -0.25) is 9.52 Å². The molecule has 1 aromatic rings. The van der Waals surface area contributed by atoms with Crippen LogP contribution in [0, 0.1) is 16.7 Å². The third-order valence-corrected chi connectivity index (χ3v) is 7.45. The lowest BCUT2D eigenvalue weighted by Crippen LogP contribution is -2.43. The number of nitrogens with one attached hydrogen (secondary N) is 1. The van der Waals surface area contributed by atoms with Crippen LogP contribution in [0.5, 0.6) is 0 Å². The molecular formula is C16H20ClNO3S. The fraction of sp³-hybridized carbons (Fsp3) is 0.562. The van der Waals surface area contributed by atoms with Crippen molar-refractivity contribution in [1.82, 2.24) is 0 Å². The van der Waals surface area contributed by atoms with Crippen molar-refractivity contribution in [2.24, 2.45) is 16.7 Å². The number of fused-ring (bicyclic) bond motifs is 2. The Hall–Kier alpha value is -1.07. The number of sulfonamides is 1. The Morgan fingerprint density at radius 2 is 2.00 bits per heavy atom. The van der Waals surface area contributed by atoms with Gasteiger partial charge < -0.3 is 0 Å². The molecule has 0 saturated heterocycles. The summed E-state index contributed by atoms with van der Waals surface area (Å²) in [6.45, 7) is 4.06. The Balaban J connectivity index is 1.89. The van der Waals surface area contributed by atoms with Crippen LogP contribution in [0.25, 0.3) is 0 Å². The van der Waals surface area contributed by atoms with Crippen LogP contribution in [0.4, 0.5) is 5.69 Å². The lowest BCUT2D eigenvalue weighted by atomic mass is 9.70. The summed E-state index contributed by atoms with van der Waals surface area (Å²) < 4.78 is 27.7. The zero-order valence-corrected chi connectivity index (χ0v) is 14.3. The number of benzene rings is 1. The smallest absolute Gasteiger partial charge is 0.233 e. The number of Topliss-reactive ketones (excluding diaryl/α,β-unsaturated/α-hetero) is 1. The second-order valence-electron chi connectivity index (χ2n) is 7.01. The molecule has 2 saturated carbocycles. The molecule has 0 radical (unpaired) electrons. The maximum absolute atomic E-state index is 12.6. The highest BCUT2D eigenvalue weighted by molar-refractivity contribution is 7.92. The molecule has 1 N–H and O–H groups in total. The maximum atomic E-state index is 12.6. The second kappa shape index (κ2) is 4.96. The van der Waals surface area contributed by atoms with Gasteiger partial charge in [-0.05, 0) is 36.3 Å². The Morgan fingerprint density at radius 3 is 2.55 bits per heavy atom. The quantitative estimate of drug-likeness (QED) is 0.911. The molecule has 22 heavy (non-hydrogen) atoms. The van der Waals surface area contributed by atoms with Crippen molar-refractivity contribution in [1.29, 1.82) is 0 Å². The van der Waals surface area contributed by atoms with E-state index in [1.165, 1.54) is 0 Å². The number of rotatable bonds is 4. The minimum absolute atomic E-state index is 0.0956. The maximum Gasteiger partial charge on any atom is 0.233 e. The first kappa shape index (κ1) is 15.8. The molecule has 4 nitrogen and oxygen atoms in total. The molecule has 0 spiro atoms. The van der Waals surface area contributed by atoms with Crippen molar-refractivity contribution in [3.8, 4) is 0 Å². The van der Waals surface area contributed by atoms with Crippen molar-refractivity contribution in [2.75, 3.05) is 10.5 Å². The molecule has 3 rings (SSSR count). The number of hydrogen-bond donors (Lipinski definition) is 1. The third-order valence-electron chi connectivity index (χ3n) is 5.71. The molecule has 2 aliphatic carbocycles. The van der Waals surface area contributed by atoms with E-state index in [1.807, 2.05) is 13.8 Å². The van der Waals surface area contributed by atoms with E-state index >= 15 is 0 Å². The van der Waals surface area contributed by atoms with Gasteiger partial charge in [-0.1, -0.05) is 37.6 Å². The predicted octanol–water partition coefficient (Wildman–Crippen LogP) is 3.48. The molecule has 0 heterocycles. The summed E-state index contributed by atoms with van der Waals surface area (Å²) in [5.41, 5.74) is -0.664. The van der Waals surface area contributed by atoms with Gasteiger partial charge in [0.15, 0.2) is 0 Å². The normalized spacial score (nSPS) is 29.8. The minimum atomic E-state index is -3.64. The molecule has 6 heteroatoms. The molecule has 0 amide bonds. The number of carbonyl (C=O) groups excluding carboxylic acids is 1. The number of para-hydroxylation sites is 1. The molecule has 2 aliphatic rings. The molecule has 120 valence electrons. The van der Waals surface area contributed by atoms with Gasteiger partial charge in [0.05, 0.1) is 21.9 Å². The van der Waals surface area contributed by atoms with Crippen molar-refractivity contribution >= 4 is 33.1 Å². The second-order valence-corrected chi connectivity index (χ2v) is 9.14. The average Bonchev–Trinajstić information content (AvgIpc) is 2.74. The van der Waals surface area contributed by atoms with Gasteiger partial charge in [-0.25, -0.2) is 8.42 Å². The summed E-state index contributed by atoms with van der Waals surface area (Å²) in [7, 11) is -3.64. The van der Waals surface area contributed by atoms with E-state index in [0.717, 1.165) is 6.42 Å². The SMILES string of the molecule is CC1(C)C2CCC1(CS(=O)(=O)Nc1ccccc1Cl)C(=O)C2. The average molecular weight is 342 g/mol. The third kappa shape index (κ3) is 2.26. The summed E-state index contributed by atoms with van der Waals surface area (Å²) in [5.74, 6) is 0.238. The monoisotopic (exact) mass is 341 g/mol. The molecule has 2 fully saturated rings. The van der Waals surface area contributed by atoms with E-state index in [1.54, 1.807) is 24.3 Å². The standard InChI is InChI=1S/C16H20ClNO3S/c1-15(2)11-7-8-16(15,14(19)9-11)10-22(20,21)18-13-6-4-3-5-12(13)17/h3-6,11,18H,7-10H2,1-2H3. The first-order valence-electron chi connectivity index (χ1n) is 7.46. The van der Waals surface area contributed by atoms with E-state index in [-0.39, 0.29) is 17.0 Å². The van der Waals surface area contributed by atoms with Crippen LogP contribution >= 0.6 is 11.6 Å². The lowest BCUT2D eigenvalue weighted by Gasteiger charge is -2.36. The van der Waals surface area contributed by atoms with Crippen LogP contribution in [-0.2, 0) is 14.8 Å². The van der Waals surface area contributed by atoms with Gasteiger partial charge in [-0.15, -0.1) is 0 Å². The van der Waals surface area contributed by atoms with Crippen LogP contribution in [0.2, 0.25) is 5.02 Å². The molecule has 2 atom stereocenters.